The largest absolute Gasteiger partial charge is 0.457 e. The molecular formula is C15H14BrF2NO. The molecule has 0 saturated heterocycles. The van der Waals surface area contributed by atoms with Crippen LogP contribution in [0.3, 0.4) is 0 Å². The van der Waals surface area contributed by atoms with E-state index in [1.165, 1.54) is 18.2 Å². The molecule has 0 radical (unpaired) electrons. The van der Waals surface area contributed by atoms with Crippen LogP contribution in [0.4, 0.5) is 8.78 Å². The Morgan fingerprint density at radius 2 is 1.90 bits per heavy atom. The third kappa shape index (κ3) is 3.35. The molecule has 0 heterocycles. The molecule has 2 rings (SSSR count). The minimum Gasteiger partial charge on any atom is -0.457 e. The zero-order valence-corrected chi connectivity index (χ0v) is 12.7. The summed E-state index contributed by atoms with van der Waals surface area (Å²) in [5.41, 5.74) is 0.677. The number of halogens is 3. The van der Waals surface area contributed by atoms with Crippen LogP contribution >= 0.6 is 15.9 Å². The first kappa shape index (κ1) is 14.9. The van der Waals surface area contributed by atoms with Gasteiger partial charge in [0, 0.05) is 17.7 Å². The second-order valence-corrected chi connectivity index (χ2v) is 5.22. The van der Waals surface area contributed by atoms with Crippen molar-refractivity contribution in [2.45, 2.75) is 13.0 Å². The Bertz CT molecular complexity index is 619. The van der Waals surface area contributed by atoms with Gasteiger partial charge in [0.15, 0.2) is 0 Å². The third-order valence-corrected chi connectivity index (χ3v) is 3.63. The Balaban J connectivity index is 2.35. The lowest BCUT2D eigenvalue weighted by molar-refractivity contribution is 0.458. The number of hydrogen-bond acceptors (Lipinski definition) is 2. The Kier molecular flexibility index (Phi) is 4.73. The van der Waals surface area contributed by atoms with Gasteiger partial charge in [-0.3, -0.25) is 0 Å². The quantitative estimate of drug-likeness (QED) is 0.862. The number of benzene rings is 2. The molecule has 20 heavy (non-hydrogen) atoms. The molecule has 2 nitrogen and oxygen atoms in total. The smallest absolute Gasteiger partial charge is 0.141 e. The Morgan fingerprint density at radius 1 is 1.15 bits per heavy atom. The van der Waals surface area contributed by atoms with Crippen molar-refractivity contribution in [3.8, 4) is 11.5 Å². The zero-order valence-electron chi connectivity index (χ0n) is 11.1. The van der Waals surface area contributed by atoms with E-state index in [1.807, 2.05) is 6.92 Å². The number of nitrogens with one attached hydrogen (secondary N) is 1. The van der Waals surface area contributed by atoms with Gasteiger partial charge in [0.2, 0.25) is 0 Å². The van der Waals surface area contributed by atoms with E-state index in [0.29, 0.717) is 21.5 Å². The average Bonchev–Trinajstić information content (AvgIpc) is 2.44. The molecule has 2 aromatic carbocycles. The van der Waals surface area contributed by atoms with Crippen LogP contribution < -0.4 is 10.1 Å². The molecule has 0 amide bonds. The van der Waals surface area contributed by atoms with Crippen LogP contribution in [-0.4, -0.2) is 7.05 Å². The highest BCUT2D eigenvalue weighted by atomic mass is 79.9. The van der Waals surface area contributed by atoms with E-state index in [2.05, 4.69) is 21.2 Å². The van der Waals surface area contributed by atoms with E-state index in [1.54, 1.807) is 25.2 Å². The van der Waals surface area contributed by atoms with E-state index in [0.717, 1.165) is 0 Å². The predicted octanol–water partition coefficient (Wildman–Crippen LogP) is 4.80. The second-order valence-electron chi connectivity index (χ2n) is 4.37. The third-order valence-electron chi connectivity index (χ3n) is 2.99. The van der Waals surface area contributed by atoms with Gasteiger partial charge in [-0.15, -0.1) is 0 Å². The maximum atomic E-state index is 13.5. The van der Waals surface area contributed by atoms with Gasteiger partial charge in [-0.2, -0.15) is 0 Å². The Morgan fingerprint density at radius 3 is 2.55 bits per heavy atom. The van der Waals surface area contributed by atoms with E-state index < -0.39 is 5.82 Å². The van der Waals surface area contributed by atoms with Gasteiger partial charge in [0.1, 0.15) is 23.1 Å². The predicted molar refractivity (Wildman–Crippen MR) is 78.0 cm³/mol. The summed E-state index contributed by atoms with van der Waals surface area (Å²) in [6, 6.07) is 8.67. The van der Waals surface area contributed by atoms with E-state index in [4.69, 9.17) is 4.74 Å². The SMILES string of the molecule is CNC(C)c1cc(F)ccc1Oc1ccc(Br)c(F)c1. The summed E-state index contributed by atoms with van der Waals surface area (Å²) < 4.78 is 32.8. The van der Waals surface area contributed by atoms with Crippen LogP contribution in [0.15, 0.2) is 40.9 Å². The first-order valence-electron chi connectivity index (χ1n) is 6.11. The summed E-state index contributed by atoms with van der Waals surface area (Å²) in [5.74, 6) is 0.112. The van der Waals surface area contributed by atoms with Gasteiger partial charge in [-0.1, -0.05) is 0 Å². The molecule has 0 aromatic heterocycles. The molecule has 0 aliphatic heterocycles. The zero-order chi connectivity index (χ0) is 14.7. The standard InChI is InChI=1S/C15H14BrF2NO/c1-9(19-2)12-7-10(17)3-6-15(12)20-11-4-5-13(16)14(18)8-11/h3-9,19H,1-2H3. The van der Waals surface area contributed by atoms with Crippen molar-refractivity contribution in [2.75, 3.05) is 7.05 Å². The fourth-order valence-corrected chi connectivity index (χ4v) is 2.02. The highest BCUT2D eigenvalue weighted by molar-refractivity contribution is 9.10. The average molecular weight is 342 g/mol. The molecule has 1 N–H and O–H groups in total. The summed E-state index contributed by atoms with van der Waals surface area (Å²) in [7, 11) is 1.78. The van der Waals surface area contributed by atoms with E-state index in [-0.39, 0.29) is 11.9 Å². The molecule has 0 saturated carbocycles. The summed E-state index contributed by atoms with van der Waals surface area (Å²) in [5, 5.41) is 3.03. The highest BCUT2D eigenvalue weighted by Gasteiger charge is 2.13. The maximum Gasteiger partial charge on any atom is 0.141 e. The summed E-state index contributed by atoms with van der Waals surface area (Å²) >= 11 is 3.08. The lowest BCUT2D eigenvalue weighted by atomic mass is 10.1. The minimum atomic E-state index is -0.409. The minimum absolute atomic E-state index is 0.0824. The first-order valence-corrected chi connectivity index (χ1v) is 6.90. The van der Waals surface area contributed by atoms with Crippen molar-refractivity contribution < 1.29 is 13.5 Å². The van der Waals surface area contributed by atoms with E-state index >= 15 is 0 Å². The van der Waals surface area contributed by atoms with E-state index in [9.17, 15) is 8.78 Å². The molecule has 1 atom stereocenters. The van der Waals surface area contributed by atoms with Gasteiger partial charge in [0.05, 0.1) is 4.47 Å². The van der Waals surface area contributed by atoms with Crippen molar-refractivity contribution in [3.05, 3.63) is 58.1 Å². The second kappa shape index (κ2) is 6.33. The summed E-state index contributed by atoms with van der Waals surface area (Å²) in [6.45, 7) is 1.89. The highest BCUT2D eigenvalue weighted by Crippen LogP contribution is 2.31. The molecule has 0 spiro atoms. The van der Waals surface area contributed by atoms with Crippen LogP contribution in [0.1, 0.15) is 18.5 Å². The number of hydrogen-bond donors (Lipinski definition) is 1. The van der Waals surface area contributed by atoms with Crippen LogP contribution in [0.2, 0.25) is 0 Å². The first-order chi connectivity index (χ1) is 9.51. The number of rotatable bonds is 4. The topological polar surface area (TPSA) is 21.3 Å². The van der Waals surface area contributed by atoms with Crippen LogP contribution in [0, 0.1) is 11.6 Å². The van der Waals surface area contributed by atoms with Gasteiger partial charge in [-0.05, 0) is 60.2 Å². The van der Waals surface area contributed by atoms with Gasteiger partial charge in [-0.25, -0.2) is 8.78 Å². The Labute approximate surface area is 124 Å². The summed E-state index contributed by atoms with van der Waals surface area (Å²) in [4.78, 5) is 0. The molecule has 2 aromatic rings. The fraction of sp³-hybridized carbons (Fsp3) is 0.200. The van der Waals surface area contributed by atoms with Gasteiger partial charge >= 0.3 is 0 Å². The van der Waals surface area contributed by atoms with Crippen molar-refractivity contribution >= 4 is 15.9 Å². The van der Waals surface area contributed by atoms with Gasteiger partial charge < -0.3 is 10.1 Å². The van der Waals surface area contributed by atoms with Crippen molar-refractivity contribution in [3.63, 3.8) is 0 Å². The maximum absolute atomic E-state index is 13.5. The molecule has 0 bridgehead atoms. The van der Waals surface area contributed by atoms with Crippen LogP contribution in [0.25, 0.3) is 0 Å². The van der Waals surface area contributed by atoms with Crippen molar-refractivity contribution in [2.24, 2.45) is 0 Å². The van der Waals surface area contributed by atoms with Gasteiger partial charge in [0.25, 0.3) is 0 Å². The number of ether oxygens (including phenoxy) is 1. The molecule has 106 valence electrons. The van der Waals surface area contributed by atoms with Crippen molar-refractivity contribution in [1.29, 1.82) is 0 Å². The lowest BCUT2D eigenvalue weighted by Gasteiger charge is -2.16. The molecule has 0 aliphatic carbocycles. The molecule has 0 aliphatic rings. The lowest BCUT2D eigenvalue weighted by Crippen LogP contribution is -2.13. The Hall–Kier alpha value is -1.46. The summed E-state index contributed by atoms with van der Waals surface area (Å²) in [6.07, 6.45) is 0. The molecule has 0 fully saturated rings. The van der Waals surface area contributed by atoms with Crippen LogP contribution in [0.5, 0.6) is 11.5 Å². The van der Waals surface area contributed by atoms with Crippen molar-refractivity contribution in [1.82, 2.24) is 5.32 Å². The monoisotopic (exact) mass is 341 g/mol. The fourth-order valence-electron chi connectivity index (χ4n) is 1.77. The van der Waals surface area contributed by atoms with Crippen LogP contribution in [-0.2, 0) is 0 Å². The molecule has 5 heteroatoms. The molecular weight excluding hydrogens is 328 g/mol. The normalized spacial score (nSPS) is 12.2. The molecule has 1 unspecified atom stereocenters.